The number of rotatable bonds is 2. The molecule has 10 heteroatoms. The smallest absolute Gasteiger partial charge is 0.258 e. The van der Waals surface area contributed by atoms with Crippen LogP contribution in [0.4, 0.5) is 0 Å². The molecule has 1 fully saturated rings. The van der Waals surface area contributed by atoms with Gasteiger partial charge in [0.1, 0.15) is 9.85 Å². The molecule has 0 atom stereocenters. The highest BCUT2D eigenvalue weighted by Crippen LogP contribution is 2.18. The topological polar surface area (TPSA) is 122 Å². The molecule has 1 aliphatic heterocycles. The molecule has 0 N–H and O–H groups in total. The zero-order valence-corrected chi connectivity index (χ0v) is 8.89. The lowest BCUT2D eigenvalue weighted by Gasteiger charge is -2.19. The number of nitro groups is 2. The van der Waals surface area contributed by atoms with E-state index < -0.39 is 40.1 Å². The average Bonchev–Trinajstić information content (AvgIpc) is 2.21. The van der Waals surface area contributed by atoms with Gasteiger partial charge in [0.05, 0.1) is 0 Å². The molecular formula is C5H10N2O7S. The van der Waals surface area contributed by atoms with Crippen LogP contribution in [0.25, 0.3) is 0 Å². The van der Waals surface area contributed by atoms with Gasteiger partial charge in [-0.1, -0.05) is 13.8 Å². The van der Waals surface area contributed by atoms with Crippen LogP contribution in [0.3, 0.4) is 0 Å². The Bertz CT molecular complexity index is 255. The number of hydrogen-bond acceptors (Lipinski definition) is 7. The summed E-state index contributed by atoms with van der Waals surface area (Å²) >= 11 is -2.13. The maximum absolute atomic E-state index is 10.4. The number of nitrogens with zero attached hydrogens (tertiary/aromatic N) is 2. The SMILES string of the molecule is CC.O=[N+]([O-])C1([N+](=O)[O-])COS(=O)OC1. The molecule has 1 rings (SSSR count). The van der Waals surface area contributed by atoms with Crippen LogP contribution in [0.2, 0.25) is 0 Å². The molecule has 0 radical (unpaired) electrons. The predicted molar refractivity (Wildman–Crippen MR) is 48.1 cm³/mol. The van der Waals surface area contributed by atoms with E-state index in [2.05, 4.69) is 8.37 Å². The summed E-state index contributed by atoms with van der Waals surface area (Å²) in [5, 5.41) is 20.7. The van der Waals surface area contributed by atoms with Gasteiger partial charge in [-0.3, -0.25) is 28.6 Å². The summed E-state index contributed by atoms with van der Waals surface area (Å²) in [5.74, 6) is 0. The molecule has 0 amide bonds. The van der Waals surface area contributed by atoms with Gasteiger partial charge in [0.25, 0.3) is 0 Å². The van der Waals surface area contributed by atoms with Crippen molar-refractivity contribution in [3.8, 4) is 0 Å². The quantitative estimate of drug-likeness (QED) is 0.376. The summed E-state index contributed by atoms with van der Waals surface area (Å²) in [7, 11) is 0. The maximum atomic E-state index is 10.4. The minimum absolute atomic E-state index is 0.861. The molecule has 9 nitrogen and oxygen atoms in total. The van der Waals surface area contributed by atoms with Crippen molar-refractivity contribution in [3.05, 3.63) is 20.2 Å². The summed E-state index contributed by atoms with van der Waals surface area (Å²) in [6.07, 6.45) is 0. The molecule has 0 aliphatic carbocycles. The van der Waals surface area contributed by atoms with E-state index in [0.717, 1.165) is 0 Å². The lowest BCUT2D eigenvalue weighted by molar-refractivity contribution is -0.800. The molecule has 1 heterocycles. The van der Waals surface area contributed by atoms with E-state index in [9.17, 15) is 24.4 Å². The summed E-state index contributed by atoms with van der Waals surface area (Å²) in [5.41, 5.74) is -2.53. The minimum atomic E-state index is -2.53. The van der Waals surface area contributed by atoms with Crippen molar-refractivity contribution in [3.63, 3.8) is 0 Å². The molecule has 0 saturated carbocycles. The van der Waals surface area contributed by atoms with Crippen LogP contribution in [0.1, 0.15) is 13.8 Å². The van der Waals surface area contributed by atoms with E-state index >= 15 is 0 Å². The second-order valence-corrected chi connectivity index (χ2v) is 3.10. The minimum Gasteiger partial charge on any atom is -0.258 e. The molecule has 15 heavy (non-hydrogen) atoms. The molecule has 0 unspecified atom stereocenters. The Morgan fingerprint density at radius 2 is 1.47 bits per heavy atom. The van der Waals surface area contributed by atoms with E-state index in [1.54, 1.807) is 0 Å². The van der Waals surface area contributed by atoms with Crippen LogP contribution >= 0.6 is 0 Å². The normalized spacial score (nSPS) is 19.9. The summed E-state index contributed by atoms with van der Waals surface area (Å²) in [6.45, 7) is 2.28. The van der Waals surface area contributed by atoms with Crippen LogP contribution in [-0.2, 0) is 19.7 Å². The zero-order valence-electron chi connectivity index (χ0n) is 8.07. The van der Waals surface area contributed by atoms with Gasteiger partial charge in [-0.15, -0.1) is 0 Å². The highest BCUT2D eigenvalue weighted by molar-refractivity contribution is 7.75. The van der Waals surface area contributed by atoms with E-state index in [0.29, 0.717) is 0 Å². The third-order valence-corrected chi connectivity index (χ3v) is 2.07. The Balaban J connectivity index is 0.000000921. The van der Waals surface area contributed by atoms with Gasteiger partial charge in [-0.05, 0) is 0 Å². The average molecular weight is 242 g/mol. The Morgan fingerprint density at radius 1 is 1.13 bits per heavy atom. The first-order valence-electron chi connectivity index (χ1n) is 3.96. The molecule has 0 aromatic carbocycles. The third-order valence-electron chi connectivity index (χ3n) is 1.45. The van der Waals surface area contributed by atoms with Gasteiger partial charge in [0.2, 0.25) is 13.2 Å². The fourth-order valence-corrected chi connectivity index (χ4v) is 1.28. The fourth-order valence-electron chi connectivity index (χ4n) is 0.638. The largest absolute Gasteiger partial charge is 0.505 e. The molecule has 0 aromatic heterocycles. The highest BCUT2D eigenvalue weighted by atomic mass is 32.2. The first kappa shape index (κ1) is 13.9. The van der Waals surface area contributed by atoms with Gasteiger partial charge in [0, 0.05) is 0 Å². The summed E-state index contributed by atoms with van der Waals surface area (Å²) < 4.78 is 18.8. The standard InChI is InChI=1S/C3H4N2O7S.C2H6/c6-4(7)3(5(8)9)1-11-13(10)12-2-3;1-2/h1-2H2;1-2H3. The molecule has 1 saturated heterocycles. The molecule has 0 spiro atoms. The second kappa shape index (κ2) is 5.68. The van der Waals surface area contributed by atoms with Gasteiger partial charge < -0.3 is 0 Å². The maximum Gasteiger partial charge on any atom is 0.505 e. The Hall–Kier alpha value is -1.13. The number of hydrogen-bond donors (Lipinski definition) is 0. The first-order chi connectivity index (χ1) is 6.99. The molecular weight excluding hydrogens is 232 g/mol. The van der Waals surface area contributed by atoms with E-state index in [4.69, 9.17) is 0 Å². The van der Waals surface area contributed by atoms with Gasteiger partial charge in [-0.2, -0.15) is 4.21 Å². The molecule has 0 bridgehead atoms. The van der Waals surface area contributed by atoms with Gasteiger partial charge in [-0.25, -0.2) is 0 Å². The van der Waals surface area contributed by atoms with Crippen LogP contribution in [0.15, 0.2) is 0 Å². The molecule has 0 aromatic rings. The Kier molecular flexibility index (Phi) is 5.25. The van der Waals surface area contributed by atoms with Crippen LogP contribution in [0.5, 0.6) is 0 Å². The van der Waals surface area contributed by atoms with Crippen molar-refractivity contribution < 1.29 is 22.4 Å². The zero-order chi connectivity index (χ0) is 12.1. The van der Waals surface area contributed by atoms with Gasteiger partial charge >= 0.3 is 17.0 Å². The third kappa shape index (κ3) is 2.91. The summed E-state index contributed by atoms with van der Waals surface area (Å²) in [4.78, 5) is 18.4. The van der Waals surface area contributed by atoms with Crippen LogP contribution in [0, 0.1) is 20.2 Å². The van der Waals surface area contributed by atoms with Crippen LogP contribution < -0.4 is 0 Å². The van der Waals surface area contributed by atoms with Crippen molar-refractivity contribution in [2.45, 2.75) is 19.5 Å². The van der Waals surface area contributed by atoms with Crippen molar-refractivity contribution >= 4 is 11.4 Å². The lowest BCUT2D eigenvalue weighted by Crippen LogP contribution is -2.56. The first-order valence-corrected chi connectivity index (χ1v) is 4.96. The van der Waals surface area contributed by atoms with Crippen LogP contribution in [-0.4, -0.2) is 32.9 Å². The van der Waals surface area contributed by atoms with E-state index in [1.165, 1.54) is 0 Å². The lowest BCUT2D eigenvalue weighted by atomic mass is 10.2. The van der Waals surface area contributed by atoms with Crippen molar-refractivity contribution in [1.82, 2.24) is 0 Å². The van der Waals surface area contributed by atoms with E-state index in [-0.39, 0.29) is 0 Å². The van der Waals surface area contributed by atoms with Crippen molar-refractivity contribution in [2.75, 3.05) is 13.2 Å². The molecule has 88 valence electrons. The predicted octanol–water partition coefficient (Wildman–Crippen LogP) is -0.112. The second-order valence-electron chi connectivity index (χ2n) is 2.23. The van der Waals surface area contributed by atoms with E-state index in [1.807, 2.05) is 13.8 Å². The molecule has 1 aliphatic rings. The van der Waals surface area contributed by atoms with Gasteiger partial charge in [0.15, 0.2) is 0 Å². The Labute approximate surface area is 87.5 Å². The highest BCUT2D eigenvalue weighted by Gasteiger charge is 2.60. The summed E-state index contributed by atoms with van der Waals surface area (Å²) in [6, 6.07) is 0. The monoisotopic (exact) mass is 242 g/mol. The Morgan fingerprint density at radius 3 is 1.73 bits per heavy atom. The van der Waals surface area contributed by atoms with Crippen molar-refractivity contribution in [1.29, 1.82) is 0 Å². The van der Waals surface area contributed by atoms with Crippen molar-refractivity contribution in [2.24, 2.45) is 0 Å². The fraction of sp³-hybridized carbons (Fsp3) is 1.00.